The molecule has 1 heterocycles. The molecule has 70 valence electrons. The van der Waals surface area contributed by atoms with Crippen LogP contribution in [0, 0.1) is 0 Å². The summed E-state index contributed by atoms with van der Waals surface area (Å²) in [5.41, 5.74) is 3.16. The Hall–Kier alpha value is -1.25. The second-order valence-electron chi connectivity index (χ2n) is 3.03. The van der Waals surface area contributed by atoms with Gasteiger partial charge in [-0.15, -0.1) is 0 Å². The van der Waals surface area contributed by atoms with Crippen molar-refractivity contribution in [2.24, 2.45) is 15.2 Å². The molecule has 0 spiro atoms. The van der Waals surface area contributed by atoms with Gasteiger partial charge in [0.1, 0.15) is 5.70 Å². The predicted molar refractivity (Wildman–Crippen MR) is 55.0 cm³/mol. The van der Waals surface area contributed by atoms with Crippen LogP contribution < -0.4 is 0 Å². The van der Waals surface area contributed by atoms with Gasteiger partial charge >= 0.3 is 0 Å². The molecule has 0 aromatic carbocycles. The zero-order valence-corrected chi connectivity index (χ0v) is 8.41. The summed E-state index contributed by atoms with van der Waals surface area (Å²) < 4.78 is 0. The lowest BCUT2D eigenvalue weighted by Crippen LogP contribution is -1.84. The third-order valence-corrected chi connectivity index (χ3v) is 1.85. The van der Waals surface area contributed by atoms with Gasteiger partial charge in [0, 0.05) is 5.70 Å². The van der Waals surface area contributed by atoms with E-state index in [9.17, 15) is 0 Å². The highest BCUT2D eigenvalue weighted by atomic mass is 15.1. The molecule has 0 aliphatic carbocycles. The molecule has 0 atom stereocenters. The minimum atomic E-state index is 0.719. The van der Waals surface area contributed by atoms with Gasteiger partial charge in [0.15, 0.2) is 0 Å². The van der Waals surface area contributed by atoms with E-state index in [2.05, 4.69) is 28.2 Å². The van der Waals surface area contributed by atoms with Crippen molar-refractivity contribution in [3.05, 3.63) is 23.0 Å². The van der Waals surface area contributed by atoms with Crippen LogP contribution in [0.4, 0.5) is 0 Å². The first-order valence-corrected chi connectivity index (χ1v) is 4.52. The number of allylic oxidation sites excluding steroid dienone is 4. The van der Waals surface area contributed by atoms with Crippen LogP contribution in [0.15, 0.2) is 38.3 Å². The highest BCUT2D eigenvalue weighted by Crippen LogP contribution is 2.15. The topological polar surface area (TPSA) is 37.1 Å². The van der Waals surface area contributed by atoms with Gasteiger partial charge in [-0.2, -0.15) is 10.2 Å². The van der Waals surface area contributed by atoms with Crippen LogP contribution in [0.25, 0.3) is 0 Å². The van der Waals surface area contributed by atoms with Gasteiger partial charge in [0.05, 0.1) is 12.8 Å². The van der Waals surface area contributed by atoms with E-state index in [-0.39, 0.29) is 0 Å². The summed E-state index contributed by atoms with van der Waals surface area (Å²) in [6, 6.07) is 0. The lowest BCUT2D eigenvalue weighted by Gasteiger charge is -1.95. The van der Waals surface area contributed by atoms with Gasteiger partial charge in [-0.3, -0.25) is 4.99 Å². The fraction of sp³-hybridized carbons (Fsp3) is 0.500. The molecule has 0 bridgehead atoms. The van der Waals surface area contributed by atoms with Gasteiger partial charge in [-0.25, -0.2) is 0 Å². The highest BCUT2D eigenvalue weighted by molar-refractivity contribution is 5.80. The molecule has 3 nitrogen and oxygen atoms in total. The van der Waals surface area contributed by atoms with Crippen molar-refractivity contribution in [1.29, 1.82) is 0 Å². The SMILES string of the molecule is CCN=NC1=C(C)CC=C(C)N=C1. The van der Waals surface area contributed by atoms with Crippen LogP contribution in [0.5, 0.6) is 0 Å². The van der Waals surface area contributed by atoms with Crippen molar-refractivity contribution in [3.63, 3.8) is 0 Å². The number of rotatable bonds is 2. The summed E-state index contributed by atoms with van der Waals surface area (Å²) in [6.45, 7) is 6.74. The summed E-state index contributed by atoms with van der Waals surface area (Å²) in [5.74, 6) is 0. The molecule has 13 heavy (non-hydrogen) atoms. The zero-order valence-electron chi connectivity index (χ0n) is 8.41. The van der Waals surface area contributed by atoms with Gasteiger partial charge < -0.3 is 0 Å². The van der Waals surface area contributed by atoms with E-state index in [1.54, 1.807) is 6.21 Å². The average Bonchev–Trinajstić information content (AvgIpc) is 2.28. The molecule has 3 heteroatoms. The molecule has 0 N–H and O–H groups in total. The lowest BCUT2D eigenvalue weighted by atomic mass is 10.2. The summed E-state index contributed by atoms with van der Waals surface area (Å²) in [5, 5.41) is 8.06. The number of azo groups is 1. The molecule has 0 aromatic heterocycles. The summed E-state index contributed by atoms with van der Waals surface area (Å²) in [7, 11) is 0. The molecule has 0 saturated heterocycles. The van der Waals surface area contributed by atoms with Gasteiger partial charge in [-0.1, -0.05) is 6.08 Å². The minimum absolute atomic E-state index is 0.719. The first kappa shape index (κ1) is 9.84. The molecule has 0 aromatic rings. The Bertz CT molecular complexity index is 295. The van der Waals surface area contributed by atoms with E-state index in [1.807, 2.05) is 13.8 Å². The van der Waals surface area contributed by atoms with E-state index in [0.717, 1.165) is 24.4 Å². The van der Waals surface area contributed by atoms with Gasteiger partial charge in [0.2, 0.25) is 0 Å². The Balaban J connectivity index is 2.84. The van der Waals surface area contributed by atoms with Crippen LogP contribution in [0.1, 0.15) is 27.2 Å². The molecule has 0 fully saturated rings. The Kier molecular flexibility index (Phi) is 3.55. The predicted octanol–water partition coefficient (Wildman–Crippen LogP) is 3.11. The molecular formula is C10H15N3. The highest BCUT2D eigenvalue weighted by Gasteiger charge is 2.01. The lowest BCUT2D eigenvalue weighted by molar-refractivity contribution is 0.976. The van der Waals surface area contributed by atoms with Crippen molar-refractivity contribution in [3.8, 4) is 0 Å². The van der Waals surface area contributed by atoms with Crippen molar-refractivity contribution < 1.29 is 0 Å². The molecular weight excluding hydrogens is 162 g/mol. The first-order valence-electron chi connectivity index (χ1n) is 4.52. The summed E-state index contributed by atoms with van der Waals surface area (Å²) in [4.78, 5) is 4.23. The van der Waals surface area contributed by atoms with Crippen LogP contribution in [0.2, 0.25) is 0 Å². The molecule has 1 aliphatic rings. The second-order valence-corrected chi connectivity index (χ2v) is 3.03. The number of nitrogens with zero attached hydrogens (tertiary/aromatic N) is 3. The van der Waals surface area contributed by atoms with Crippen LogP contribution in [0.3, 0.4) is 0 Å². The van der Waals surface area contributed by atoms with Crippen LogP contribution >= 0.6 is 0 Å². The van der Waals surface area contributed by atoms with Gasteiger partial charge in [0.25, 0.3) is 0 Å². The molecule has 1 rings (SSSR count). The zero-order chi connectivity index (χ0) is 9.68. The van der Waals surface area contributed by atoms with Crippen LogP contribution in [-0.2, 0) is 0 Å². The maximum atomic E-state index is 4.23. The Morgan fingerprint density at radius 1 is 1.46 bits per heavy atom. The maximum absolute atomic E-state index is 4.23. The Morgan fingerprint density at radius 2 is 2.23 bits per heavy atom. The summed E-state index contributed by atoms with van der Waals surface area (Å²) >= 11 is 0. The number of aliphatic imine (C=N–C) groups is 1. The fourth-order valence-electron chi connectivity index (χ4n) is 0.989. The Labute approximate surface area is 79.0 Å². The first-order chi connectivity index (χ1) is 6.24. The third kappa shape index (κ3) is 2.93. The molecule has 0 saturated carbocycles. The van der Waals surface area contributed by atoms with Crippen molar-refractivity contribution >= 4 is 6.21 Å². The maximum Gasteiger partial charge on any atom is 0.103 e. The molecule has 1 aliphatic heterocycles. The second kappa shape index (κ2) is 4.70. The Morgan fingerprint density at radius 3 is 2.92 bits per heavy atom. The number of hydrogen-bond acceptors (Lipinski definition) is 3. The van der Waals surface area contributed by atoms with E-state index in [0.29, 0.717) is 0 Å². The monoisotopic (exact) mass is 177 g/mol. The summed E-state index contributed by atoms with van der Waals surface area (Å²) in [6.07, 6.45) is 4.80. The average molecular weight is 177 g/mol. The third-order valence-electron chi connectivity index (χ3n) is 1.85. The molecule has 0 amide bonds. The van der Waals surface area contributed by atoms with E-state index in [1.165, 1.54) is 5.57 Å². The van der Waals surface area contributed by atoms with Crippen molar-refractivity contribution in [2.75, 3.05) is 6.54 Å². The van der Waals surface area contributed by atoms with Gasteiger partial charge in [-0.05, 0) is 32.8 Å². The smallest absolute Gasteiger partial charge is 0.103 e. The standard InChI is InChI=1S/C10H15N3/c1-4-12-13-10-7-11-9(3)6-5-8(10)2/h6-7H,4-5H2,1-3H3. The fourth-order valence-corrected chi connectivity index (χ4v) is 0.989. The largest absolute Gasteiger partial charge is 0.260 e. The molecule has 0 radical (unpaired) electrons. The van der Waals surface area contributed by atoms with E-state index in [4.69, 9.17) is 0 Å². The van der Waals surface area contributed by atoms with E-state index < -0.39 is 0 Å². The van der Waals surface area contributed by atoms with E-state index >= 15 is 0 Å². The van der Waals surface area contributed by atoms with Crippen molar-refractivity contribution in [2.45, 2.75) is 27.2 Å². The normalized spacial score (nSPS) is 17.9. The number of hydrogen-bond donors (Lipinski definition) is 0. The van der Waals surface area contributed by atoms with Crippen molar-refractivity contribution in [1.82, 2.24) is 0 Å². The van der Waals surface area contributed by atoms with Crippen LogP contribution in [-0.4, -0.2) is 12.8 Å². The quantitative estimate of drug-likeness (QED) is 0.581. The minimum Gasteiger partial charge on any atom is -0.260 e. The molecule has 0 unspecified atom stereocenters.